The zero-order valence-electron chi connectivity index (χ0n) is 9.93. The minimum absolute atomic E-state index is 0.360. The molecule has 4 heteroatoms. The number of esters is 1. The first kappa shape index (κ1) is 14.2. The molecule has 1 aromatic carbocycles. The monoisotopic (exact) mass is 264 g/mol. The van der Waals surface area contributed by atoms with Crippen LogP contribution in [0, 0.1) is 0 Å². The Bertz CT molecular complexity index is 472. The third kappa shape index (κ3) is 5.46. The van der Waals surface area contributed by atoms with Crippen LogP contribution < -0.4 is 0 Å². The molecule has 0 aromatic heterocycles. The second-order valence-electron chi connectivity index (χ2n) is 3.39. The molecule has 0 aliphatic rings. The van der Waals surface area contributed by atoms with Gasteiger partial charge in [-0.1, -0.05) is 30.3 Å². The number of hydrogen-bond acceptors (Lipinski definition) is 3. The Morgan fingerprint density at radius 2 is 1.61 bits per heavy atom. The van der Waals surface area contributed by atoms with Gasteiger partial charge in [-0.2, -0.15) is 0 Å². The third-order valence-corrected chi connectivity index (χ3v) is 2.17. The molecule has 3 nitrogen and oxygen atoms in total. The van der Waals surface area contributed by atoms with Gasteiger partial charge in [0.1, 0.15) is 0 Å². The molecular formula is C14H13ClO3. The summed E-state index contributed by atoms with van der Waals surface area (Å²) < 4.78 is 4.76. The van der Waals surface area contributed by atoms with Crippen LogP contribution in [0.3, 0.4) is 0 Å². The zero-order valence-corrected chi connectivity index (χ0v) is 10.7. The van der Waals surface area contributed by atoms with Crippen molar-refractivity contribution in [1.82, 2.24) is 0 Å². The van der Waals surface area contributed by atoms with Gasteiger partial charge in [-0.05, 0) is 41.8 Å². The number of allylic oxidation sites excluding steroid dienone is 1. The molecule has 0 aliphatic carbocycles. The van der Waals surface area contributed by atoms with Crippen LogP contribution in [0.5, 0.6) is 0 Å². The van der Waals surface area contributed by atoms with Crippen molar-refractivity contribution >= 4 is 35.0 Å². The summed E-state index contributed by atoms with van der Waals surface area (Å²) in [6.07, 6.45) is 5.94. The highest BCUT2D eigenvalue weighted by Gasteiger charge is 1.94. The summed E-state index contributed by atoms with van der Waals surface area (Å²) in [4.78, 5) is 21.6. The number of hydrogen-bond donors (Lipinski definition) is 0. The van der Waals surface area contributed by atoms with Crippen molar-refractivity contribution in [2.45, 2.75) is 6.92 Å². The fourth-order valence-corrected chi connectivity index (χ4v) is 1.30. The fourth-order valence-electron chi connectivity index (χ4n) is 1.23. The van der Waals surface area contributed by atoms with Gasteiger partial charge in [0.15, 0.2) is 0 Å². The summed E-state index contributed by atoms with van der Waals surface area (Å²) >= 11 is 5.18. The van der Waals surface area contributed by atoms with Gasteiger partial charge in [-0.3, -0.25) is 4.79 Å². The quantitative estimate of drug-likeness (QED) is 0.466. The Hall–Kier alpha value is -1.87. The van der Waals surface area contributed by atoms with E-state index in [9.17, 15) is 9.59 Å². The molecule has 0 N–H and O–H groups in total. The number of carbonyl (C=O) groups is 2. The van der Waals surface area contributed by atoms with Gasteiger partial charge in [0, 0.05) is 6.08 Å². The third-order valence-electron chi connectivity index (χ3n) is 2.04. The van der Waals surface area contributed by atoms with E-state index in [1.54, 1.807) is 19.1 Å². The first-order valence-electron chi connectivity index (χ1n) is 5.44. The summed E-state index contributed by atoms with van der Waals surface area (Å²) in [5.74, 6) is -0.366. The molecule has 1 aromatic rings. The highest BCUT2D eigenvalue weighted by molar-refractivity contribution is 6.66. The molecule has 0 bridgehead atoms. The minimum Gasteiger partial charge on any atom is -0.463 e. The van der Waals surface area contributed by atoms with E-state index in [4.69, 9.17) is 16.3 Å². The number of rotatable bonds is 5. The number of ether oxygens (including phenoxy) is 1. The van der Waals surface area contributed by atoms with Gasteiger partial charge in [0.25, 0.3) is 0 Å². The molecular weight excluding hydrogens is 252 g/mol. The van der Waals surface area contributed by atoms with Crippen LogP contribution in [0.4, 0.5) is 0 Å². The summed E-state index contributed by atoms with van der Waals surface area (Å²) in [5.41, 5.74) is 1.73. The average molecular weight is 265 g/mol. The van der Waals surface area contributed by atoms with E-state index in [2.05, 4.69) is 0 Å². The van der Waals surface area contributed by atoms with E-state index in [0.29, 0.717) is 6.61 Å². The lowest BCUT2D eigenvalue weighted by Crippen LogP contribution is -1.98. The van der Waals surface area contributed by atoms with E-state index < -0.39 is 5.24 Å². The van der Waals surface area contributed by atoms with Crippen molar-refractivity contribution in [3.05, 3.63) is 47.5 Å². The SMILES string of the molecule is CCOC(=O)/C=C/c1ccc(/C=C/C(=O)Cl)cc1. The van der Waals surface area contributed by atoms with Crippen LogP contribution in [0.1, 0.15) is 18.1 Å². The van der Waals surface area contributed by atoms with E-state index >= 15 is 0 Å². The second-order valence-corrected chi connectivity index (χ2v) is 3.76. The lowest BCUT2D eigenvalue weighted by molar-refractivity contribution is -0.137. The van der Waals surface area contributed by atoms with Gasteiger partial charge in [0.2, 0.25) is 5.24 Å². The normalized spacial score (nSPS) is 11.0. The maximum absolute atomic E-state index is 11.1. The molecule has 0 unspecified atom stereocenters. The molecule has 0 aliphatic heterocycles. The molecule has 0 fully saturated rings. The Kier molecular flexibility index (Phi) is 5.88. The van der Waals surface area contributed by atoms with Crippen molar-refractivity contribution in [3.63, 3.8) is 0 Å². The van der Waals surface area contributed by atoms with Crippen LogP contribution in [0.15, 0.2) is 36.4 Å². The van der Waals surface area contributed by atoms with Gasteiger partial charge in [-0.25, -0.2) is 4.79 Å². The predicted octanol–water partition coefficient (Wildman–Crippen LogP) is 3.04. The van der Waals surface area contributed by atoms with E-state index in [1.807, 2.05) is 24.3 Å². The molecule has 18 heavy (non-hydrogen) atoms. The van der Waals surface area contributed by atoms with Crippen LogP contribution in [0.25, 0.3) is 12.2 Å². The fraction of sp³-hybridized carbons (Fsp3) is 0.143. The summed E-state index contributed by atoms with van der Waals surface area (Å²) in [5, 5.41) is -0.513. The van der Waals surface area contributed by atoms with Crippen molar-refractivity contribution < 1.29 is 14.3 Å². The summed E-state index contributed by atoms with van der Waals surface area (Å²) in [6.45, 7) is 2.12. The predicted molar refractivity (Wildman–Crippen MR) is 72.0 cm³/mol. The van der Waals surface area contributed by atoms with Crippen molar-refractivity contribution in [3.8, 4) is 0 Å². The molecule has 0 saturated heterocycles. The smallest absolute Gasteiger partial charge is 0.330 e. The maximum atomic E-state index is 11.1. The van der Waals surface area contributed by atoms with E-state index in [0.717, 1.165) is 11.1 Å². The van der Waals surface area contributed by atoms with Gasteiger partial charge >= 0.3 is 5.97 Å². The molecule has 0 radical (unpaired) electrons. The number of halogens is 1. The highest BCUT2D eigenvalue weighted by atomic mass is 35.5. The van der Waals surface area contributed by atoms with Crippen LogP contribution in [-0.4, -0.2) is 17.8 Å². The minimum atomic E-state index is -0.513. The Morgan fingerprint density at radius 3 is 2.06 bits per heavy atom. The Morgan fingerprint density at radius 1 is 1.11 bits per heavy atom. The molecule has 1 rings (SSSR count). The Balaban J connectivity index is 2.65. The van der Waals surface area contributed by atoms with Gasteiger partial charge < -0.3 is 4.74 Å². The standard InChI is InChI=1S/C14H13ClO3/c1-2-18-14(17)10-8-12-5-3-11(4-6-12)7-9-13(15)16/h3-10H,2H2,1H3/b9-7+,10-8+. The van der Waals surface area contributed by atoms with Crippen LogP contribution >= 0.6 is 11.6 Å². The topological polar surface area (TPSA) is 43.4 Å². The van der Waals surface area contributed by atoms with Gasteiger partial charge in [-0.15, -0.1) is 0 Å². The lowest BCUT2D eigenvalue weighted by Gasteiger charge is -1.96. The van der Waals surface area contributed by atoms with E-state index in [1.165, 1.54) is 12.2 Å². The maximum Gasteiger partial charge on any atom is 0.330 e. The second kappa shape index (κ2) is 7.45. The molecule has 0 atom stereocenters. The summed E-state index contributed by atoms with van der Waals surface area (Å²) in [7, 11) is 0. The largest absolute Gasteiger partial charge is 0.463 e. The average Bonchev–Trinajstić information content (AvgIpc) is 2.35. The summed E-state index contributed by atoms with van der Waals surface area (Å²) in [6, 6.07) is 7.30. The number of carbonyl (C=O) groups excluding carboxylic acids is 2. The molecule has 0 heterocycles. The molecule has 0 amide bonds. The molecule has 0 spiro atoms. The lowest BCUT2D eigenvalue weighted by atomic mass is 10.1. The number of benzene rings is 1. The molecule has 0 saturated carbocycles. The van der Waals surface area contributed by atoms with Crippen molar-refractivity contribution in [2.75, 3.05) is 6.61 Å². The Labute approximate surface area is 111 Å². The van der Waals surface area contributed by atoms with Crippen LogP contribution in [-0.2, 0) is 14.3 Å². The zero-order chi connectivity index (χ0) is 13.4. The van der Waals surface area contributed by atoms with Crippen LogP contribution in [0.2, 0.25) is 0 Å². The van der Waals surface area contributed by atoms with Crippen molar-refractivity contribution in [1.29, 1.82) is 0 Å². The molecule has 94 valence electrons. The van der Waals surface area contributed by atoms with E-state index in [-0.39, 0.29) is 5.97 Å². The highest BCUT2D eigenvalue weighted by Crippen LogP contribution is 2.08. The van der Waals surface area contributed by atoms with Gasteiger partial charge in [0.05, 0.1) is 6.61 Å². The first-order valence-corrected chi connectivity index (χ1v) is 5.82. The first-order chi connectivity index (χ1) is 8.61. The van der Waals surface area contributed by atoms with Crippen molar-refractivity contribution in [2.24, 2.45) is 0 Å².